The summed E-state index contributed by atoms with van der Waals surface area (Å²) >= 11 is 0. The van der Waals surface area contributed by atoms with Crippen LogP contribution in [0.15, 0.2) is 18.3 Å². The van der Waals surface area contributed by atoms with Crippen LogP contribution in [0.4, 0.5) is 4.39 Å². The first-order valence-corrected chi connectivity index (χ1v) is 11.1. The molecule has 1 saturated heterocycles. The van der Waals surface area contributed by atoms with Gasteiger partial charge in [0, 0.05) is 43.2 Å². The summed E-state index contributed by atoms with van der Waals surface area (Å²) in [5.74, 6) is 0.526. The maximum Gasteiger partial charge on any atom is 0.225 e. The van der Waals surface area contributed by atoms with Crippen LogP contribution in [0, 0.1) is 17.2 Å². The van der Waals surface area contributed by atoms with Gasteiger partial charge < -0.3 is 19.3 Å². The number of nitrogens with zero attached hydrogens (tertiary/aromatic N) is 3. The average molecular weight is 416 g/mol. The Morgan fingerprint density at radius 2 is 2.00 bits per heavy atom. The number of aryl methyl sites for hydroxylation is 1. The zero-order chi connectivity index (χ0) is 21.1. The van der Waals surface area contributed by atoms with E-state index < -0.39 is 5.60 Å². The second-order valence-electron chi connectivity index (χ2n) is 9.90. The zero-order valence-corrected chi connectivity index (χ0v) is 17.7. The van der Waals surface area contributed by atoms with Gasteiger partial charge in [-0.05, 0) is 58.4 Å². The van der Waals surface area contributed by atoms with Crippen LogP contribution < -0.4 is 4.74 Å². The Morgan fingerprint density at radius 1 is 1.30 bits per heavy atom. The van der Waals surface area contributed by atoms with Gasteiger partial charge in [0.15, 0.2) is 0 Å². The number of pyridine rings is 1. The molecule has 6 nitrogen and oxygen atoms in total. The van der Waals surface area contributed by atoms with Gasteiger partial charge >= 0.3 is 0 Å². The molecule has 0 atom stereocenters. The van der Waals surface area contributed by atoms with Crippen molar-refractivity contribution in [3.05, 3.63) is 24.1 Å². The number of fused-ring (bicyclic) bond motifs is 1. The summed E-state index contributed by atoms with van der Waals surface area (Å²) in [6.07, 6.45) is 6.77. The van der Waals surface area contributed by atoms with Crippen molar-refractivity contribution in [2.24, 2.45) is 11.3 Å². The van der Waals surface area contributed by atoms with Crippen molar-refractivity contribution in [3.63, 3.8) is 0 Å². The normalized spacial score (nSPS) is 28.4. The van der Waals surface area contributed by atoms with E-state index in [1.54, 1.807) is 23.6 Å². The van der Waals surface area contributed by atoms with E-state index in [0.29, 0.717) is 36.3 Å². The van der Waals surface area contributed by atoms with Gasteiger partial charge in [-0.3, -0.25) is 4.79 Å². The first kappa shape index (κ1) is 19.8. The van der Waals surface area contributed by atoms with Crippen molar-refractivity contribution < 1.29 is 19.0 Å². The highest BCUT2D eigenvalue weighted by atomic mass is 19.1. The first-order valence-electron chi connectivity index (χ1n) is 11.1. The lowest BCUT2D eigenvalue weighted by molar-refractivity contribution is -0.164. The Labute approximate surface area is 176 Å². The van der Waals surface area contributed by atoms with E-state index in [2.05, 4.69) is 4.98 Å². The van der Waals surface area contributed by atoms with Crippen molar-refractivity contribution in [2.45, 2.75) is 70.6 Å². The number of halogens is 1. The molecule has 1 spiro atoms. The highest BCUT2D eigenvalue weighted by Crippen LogP contribution is 2.47. The van der Waals surface area contributed by atoms with Crippen LogP contribution in [-0.2, 0) is 11.3 Å². The maximum atomic E-state index is 14.0. The molecule has 5 rings (SSSR count). The van der Waals surface area contributed by atoms with Gasteiger partial charge in [0.25, 0.3) is 0 Å². The molecule has 3 aliphatic rings. The summed E-state index contributed by atoms with van der Waals surface area (Å²) in [5.41, 5.74) is 0.210. The molecule has 162 valence electrons. The SMILES string of the molecule is CCn1cc(F)c2ccc(OC3CCC4(CC3)CN(C(=O)[C@H]3C[C@@](C)(O)C3)C4)nc21. The second kappa shape index (κ2) is 6.94. The lowest BCUT2D eigenvalue weighted by atomic mass is 9.66. The molecule has 3 heterocycles. The van der Waals surface area contributed by atoms with Gasteiger partial charge in [-0.2, -0.15) is 4.98 Å². The standard InChI is InChI=1S/C23H30FN3O3/c1-3-26-12-18(24)17-4-5-19(25-20(17)26)30-16-6-8-23(9-7-16)13-27(14-23)21(28)15-10-22(2,29)11-15/h4-5,12,15-16,29H,3,6-11,13-14H2,1-2H3/t15-,22+. The molecule has 0 bridgehead atoms. The van der Waals surface area contributed by atoms with Crippen molar-refractivity contribution in [2.75, 3.05) is 13.1 Å². The summed E-state index contributed by atoms with van der Waals surface area (Å²) < 4.78 is 21.9. The van der Waals surface area contributed by atoms with Gasteiger partial charge in [-0.15, -0.1) is 0 Å². The van der Waals surface area contributed by atoms with Gasteiger partial charge in [0.2, 0.25) is 11.8 Å². The Bertz CT molecular complexity index is 961. The maximum absolute atomic E-state index is 14.0. The summed E-state index contributed by atoms with van der Waals surface area (Å²) in [7, 11) is 0. The lowest BCUT2D eigenvalue weighted by Gasteiger charge is -2.55. The first-order chi connectivity index (χ1) is 14.3. The van der Waals surface area contributed by atoms with Gasteiger partial charge in [-0.1, -0.05) is 0 Å². The molecule has 7 heteroatoms. The fourth-order valence-electron chi connectivity index (χ4n) is 5.57. The fraction of sp³-hybridized carbons (Fsp3) is 0.652. The molecule has 0 radical (unpaired) electrons. The molecule has 0 aromatic carbocycles. The van der Waals surface area contributed by atoms with Crippen molar-refractivity contribution in [3.8, 4) is 5.88 Å². The monoisotopic (exact) mass is 415 g/mol. The third-order valence-corrected chi connectivity index (χ3v) is 7.36. The van der Waals surface area contributed by atoms with E-state index in [9.17, 15) is 14.3 Å². The number of aliphatic hydroxyl groups is 1. The summed E-state index contributed by atoms with van der Waals surface area (Å²) in [6, 6.07) is 3.50. The molecule has 1 aliphatic heterocycles. The molecule has 2 aromatic heterocycles. The summed E-state index contributed by atoms with van der Waals surface area (Å²) in [4.78, 5) is 19.1. The Hall–Kier alpha value is -2.15. The number of hydrogen-bond donors (Lipinski definition) is 1. The van der Waals surface area contributed by atoms with E-state index in [1.165, 1.54) is 6.20 Å². The number of aromatic nitrogens is 2. The Kier molecular flexibility index (Phi) is 4.58. The number of amides is 1. The summed E-state index contributed by atoms with van der Waals surface area (Å²) in [6.45, 7) is 6.11. The van der Waals surface area contributed by atoms with Crippen LogP contribution in [0.3, 0.4) is 0 Å². The highest BCUT2D eigenvalue weighted by Gasteiger charge is 2.51. The van der Waals surface area contributed by atoms with Crippen LogP contribution in [0.5, 0.6) is 5.88 Å². The van der Waals surface area contributed by atoms with Crippen LogP contribution in [0.2, 0.25) is 0 Å². The molecule has 0 unspecified atom stereocenters. The highest BCUT2D eigenvalue weighted by molar-refractivity contribution is 5.81. The molecule has 30 heavy (non-hydrogen) atoms. The second-order valence-corrected chi connectivity index (χ2v) is 9.90. The molecule has 2 aromatic rings. The summed E-state index contributed by atoms with van der Waals surface area (Å²) in [5, 5.41) is 10.4. The van der Waals surface area contributed by atoms with E-state index in [0.717, 1.165) is 38.8 Å². The molecule has 2 aliphatic carbocycles. The molecule has 2 saturated carbocycles. The van der Waals surface area contributed by atoms with Gasteiger partial charge in [0.05, 0.1) is 11.0 Å². The predicted octanol–water partition coefficient (Wildman–Crippen LogP) is 3.51. The quantitative estimate of drug-likeness (QED) is 0.830. The number of likely N-dealkylation sites (tertiary alicyclic amines) is 1. The Morgan fingerprint density at radius 3 is 2.63 bits per heavy atom. The van der Waals surface area contributed by atoms with Crippen molar-refractivity contribution >= 4 is 16.9 Å². The fourth-order valence-corrected chi connectivity index (χ4v) is 5.57. The van der Waals surface area contributed by atoms with Gasteiger partial charge in [0.1, 0.15) is 17.6 Å². The minimum absolute atomic E-state index is 0.00455. The third-order valence-electron chi connectivity index (χ3n) is 7.36. The molecule has 1 amide bonds. The predicted molar refractivity (Wildman–Crippen MR) is 111 cm³/mol. The Balaban J connectivity index is 1.15. The lowest BCUT2D eigenvalue weighted by Crippen LogP contribution is -2.63. The number of carbonyl (C=O) groups is 1. The molecule has 1 N–H and O–H groups in total. The number of carbonyl (C=O) groups excluding carboxylic acids is 1. The molecule has 3 fully saturated rings. The van der Waals surface area contributed by atoms with E-state index >= 15 is 0 Å². The van der Waals surface area contributed by atoms with E-state index in [4.69, 9.17) is 4.74 Å². The minimum Gasteiger partial charge on any atom is -0.474 e. The van der Waals surface area contributed by atoms with Crippen LogP contribution in [-0.4, -0.2) is 50.3 Å². The van der Waals surface area contributed by atoms with Crippen LogP contribution >= 0.6 is 0 Å². The van der Waals surface area contributed by atoms with Crippen LogP contribution in [0.1, 0.15) is 52.4 Å². The zero-order valence-electron chi connectivity index (χ0n) is 17.7. The van der Waals surface area contributed by atoms with Crippen molar-refractivity contribution in [1.29, 1.82) is 0 Å². The van der Waals surface area contributed by atoms with Crippen molar-refractivity contribution in [1.82, 2.24) is 14.5 Å². The molecular weight excluding hydrogens is 385 g/mol. The number of rotatable bonds is 4. The molecular formula is C23H30FN3O3. The number of ether oxygens (including phenoxy) is 1. The third kappa shape index (κ3) is 3.37. The van der Waals surface area contributed by atoms with Gasteiger partial charge in [-0.25, -0.2) is 4.39 Å². The minimum atomic E-state index is -0.653. The van der Waals surface area contributed by atoms with E-state index in [-0.39, 0.29) is 29.2 Å². The van der Waals surface area contributed by atoms with Crippen LogP contribution in [0.25, 0.3) is 11.0 Å². The topological polar surface area (TPSA) is 67.6 Å². The van der Waals surface area contributed by atoms with E-state index in [1.807, 2.05) is 11.8 Å². The average Bonchev–Trinajstić information content (AvgIpc) is 3.00. The largest absolute Gasteiger partial charge is 0.474 e. The number of hydrogen-bond acceptors (Lipinski definition) is 4. The smallest absolute Gasteiger partial charge is 0.225 e.